The first-order valence-corrected chi connectivity index (χ1v) is 16.5. The summed E-state index contributed by atoms with van der Waals surface area (Å²) in [6.45, 7) is 0.277. The predicted octanol–water partition coefficient (Wildman–Crippen LogP) is 2.79. The zero-order valence-electron chi connectivity index (χ0n) is 26.9. The van der Waals surface area contributed by atoms with Crippen molar-refractivity contribution in [2.24, 2.45) is 11.7 Å². The number of fused-ring (bicyclic) bond motifs is 2. The number of nitrogens with one attached hydrogen (secondary N) is 1. The molecule has 0 radical (unpaired) electrons. The monoisotopic (exact) mass is 684 g/mol. The number of piperidine rings is 2. The smallest absolute Gasteiger partial charge is 0.325 e. The molecule has 0 bridgehead atoms. The molecule has 50 heavy (non-hydrogen) atoms. The van der Waals surface area contributed by atoms with Crippen LogP contribution >= 0.6 is 0 Å². The van der Waals surface area contributed by atoms with E-state index in [2.05, 4.69) is 20.4 Å². The van der Waals surface area contributed by atoms with Gasteiger partial charge in [0.2, 0.25) is 17.7 Å². The molecule has 3 aliphatic heterocycles. The second kappa shape index (κ2) is 13.0. The highest BCUT2D eigenvalue weighted by molar-refractivity contribution is 6.05. The molecule has 4 aromatic rings. The van der Waals surface area contributed by atoms with Crippen LogP contribution in [0.15, 0.2) is 61.1 Å². The van der Waals surface area contributed by atoms with Crippen LogP contribution in [-0.4, -0.2) is 84.1 Å². The average Bonchev–Trinajstić information content (AvgIpc) is 3.72. The summed E-state index contributed by atoms with van der Waals surface area (Å²) in [5, 5.41) is 6.71. The van der Waals surface area contributed by atoms with Gasteiger partial charge in [-0.2, -0.15) is 13.9 Å². The molecule has 5 heterocycles. The van der Waals surface area contributed by atoms with Crippen LogP contribution in [0.3, 0.4) is 0 Å². The number of nitrogens with zero attached hydrogens (tertiary/aromatic N) is 6. The van der Waals surface area contributed by atoms with E-state index in [0.29, 0.717) is 35.2 Å². The maximum Gasteiger partial charge on any atom is 0.325 e. The minimum Gasteiger partial charge on any atom is -0.369 e. The van der Waals surface area contributed by atoms with Gasteiger partial charge >= 0.3 is 5.92 Å². The molecule has 7 rings (SSSR count). The van der Waals surface area contributed by atoms with E-state index in [9.17, 15) is 24.0 Å². The molecule has 15 heteroatoms. The molecular formula is C35H34F2N8O5. The molecule has 258 valence electrons. The van der Waals surface area contributed by atoms with Crippen molar-refractivity contribution in [1.29, 1.82) is 0 Å². The van der Waals surface area contributed by atoms with Crippen molar-refractivity contribution in [3.05, 3.63) is 77.7 Å². The Hall–Kier alpha value is -5.60. The van der Waals surface area contributed by atoms with Gasteiger partial charge in [-0.3, -0.25) is 39.0 Å². The summed E-state index contributed by atoms with van der Waals surface area (Å²) in [7, 11) is 0. The summed E-state index contributed by atoms with van der Waals surface area (Å²) in [4.78, 5) is 74.0. The molecule has 5 amide bonds. The molecular weight excluding hydrogens is 650 g/mol. The molecule has 0 aliphatic carbocycles. The maximum atomic E-state index is 15.5. The topological polar surface area (TPSA) is 173 Å². The van der Waals surface area contributed by atoms with Crippen molar-refractivity contribution in [1.82, 2.24) is 34.9 Å². The maximum absolute atomic E-state index is 15.5. The van der Waals surface area contributed by atoms with Crippen LogP contribution in [0.4, 0.5) is 8.78 Å². The van der Waals surface area contributed by atoms with Crippen LogP contribution in [0.5, 0.6) is 0 Å². The lowest BCUT2D eigenvalue weighted by Gasteiger charge is -2.34. The zero-order valence-corrected chi connectivity index (χ0v) is 26.9. The number of para-hydroxylation sites is 2. The molecule has 2 aromatic carbocycles. The second-order valence-electron chi connectivity index (χ2n) is 13.1. The number of hydrogen-bond donors (Lipinski definition) is 2. The van der Waals surface area contributed by atoms with Crippen molar-refractivity contribution < 1.29 is 32.8 Å². The Morgan fingerprint density at radius 3 is 2.52 bits per heavy atom. The average molecular weight is 685 g/mol. The van der Waals surface area contributed by atoms with Gasteiger partial charge in [-0.05, 0) is 55.0 Å². The number of hydrogen-bond acceptors (Lipinski definition) is 8. The number of nitrogens with two attached hydrogens (primary N) is 1. The van der Waals surface area contributed by atoms with Crippen molar-refractivity contribution in [2.75, 3.05) is 13.1 Å². The van der Waals surface area contributed by atoms with E-state index in [1.54, 1.807) is 29.2 Å². The number of carbonyl (C=O) groups is 5. The van der Waals surface area contributed by atoms with Gasteiger partial charge in [0.05, 0.1) is 35.2 Å². The number of alkyl halides is 2. The lowest BCUT2D eigenvalue weighted by Crippen LogP contribution is -2.52. The number of halogens is 2. The van der Waals surface area contributed by atoms with E-state index in [4.69, 9.17) is 5.73 Å². The van der Waals surface area contributed by atoms with Gasteiger partial charge in [-0.25, -0.2) is 4.98 Å². The van der Waals surface area contributed by atoms with Crippen molar-refractivity contribution in [2.45, 2.75) is 63.1 Å². The fourth-order valence-electron chi connectivity index (χ4n) is 7.04. The van der Waals surface area contributed by atoms with E-state index in [1.807, 2.05) is 30.5 Å². The van der Waals surface area contributed by atoms with Crippen LogP contribution in [0.2, 0.25) is 0 Å². The molecule has 2 saturated heterocycles. The SMILES string of the molecule is NC(=O)C(Cc1ccc2c(c1)CN(C1CCC(=O)NC1=O)C2=O)CC(F)(F)C(=O)N1CCC(n2cc(-c3cnc4ccccc4n3)cn2)CC1. The van der Waals surface area contributed by atoms with Gasteiger partial charge in [0.25, 0.3) is 11.8 Å². The summed E-state index contributed by atoms with van der Waals surface area (Å²) >= 11 is 0. The standard InChI is InChI=1S/C35H34F2N8O5/c36-35(37,15-21(31(38)47)13-20-5-6-25-22(14-20)18-44(33(25)49)29-7-8-30(46)42-32(29)48)34(50)43-11-9-24(10-12-43)45-19-23(16-40-45)28-17-39-26-3-1-2-4-27(26)41-28/h1-6,14,16-17,19,21,24,29H,7-13,15,18H2,(H2,38,47)(H,42,46,48). The normalized spacial score (nSPS) is 19.1. The van der Waals surface area contributed by atoms with E-state index in [0.717, 1.165) is 21.5 Å². The number of imide groups is 1. The summed E-state index contributed by atoms with van der Waals surface area (Å²) in [5.74, 6) is -8.83. The number of amides is 5. The Labute approximate surface area is 284 Å². The highest BCUT2D eigenvalue weighted by Crippen LogP contribution is 2.33. The number of benzene rings is 2. The Morgan fingerprint density at radius 1 is 1.02 bits per heavy atom. The third-order valence-electron chi connectivity index (χ3n) is 9.76. The van der Waals surface area contributed by atoms with E-state index < -0.39 is 47.9 Å². The summed E-state index contributed by atoms with van der Waals surface area (Å²) in [6, 6.07) is 11.3. The third-order valence-corrected chi connectivity index (χ3v) is 9.76. The third kappa shape index (κ3) is 6.42. The van der Waals surface area contributed by atoms with Gasteiger partial charge < -0.3 is 15.5 Å². The fraction of sp³-hybridized carbons (Fsp3) is 0.371. The summed E-state index contributed by atoms with van der Waals surface area (Å²) < 4.78 is 32.7. The van der Waals surface area contributed by atoms with Gasteiger partial charge in [-0.1, -0.05) is 24.3 Å². The Bertz CT molecular complexity index is 2020. The van der Waals surface area contributed by atoms with Gasteiger partial charge in [0.1, 0.15) is 6.04 Å². The molecule has 13 nitrogen and oxygen atoms in total. The molecule has 0 spiro atoms. The van der Waals surface area contributed by atoms with E-state index in [-0.39, 0.29) is 50.8 Å². The number of aromatic nitrogens is 4. The van der Waals surface area contributed by atoms with Crippen molar-refractivity contribution in [3.63, 3.8) is 0 Å². The Morgan fingerprint density at radius 2 is 1.78 bits per heavy atom. The minimum atomic E-state index is -3.84. The predicted molar refractivity (Wildman–Crippen MR) is 174 cm³/mol. The van der Waals surface area contributed by atoms with E-state index >= 15 is 8.78 Å². The number of rotatable bonds is 9. The van der Waals surface area contributed by atoms with Gasteiger partial charge in [0, 0.05) is 55.7 Å². The first-order chi connectivity index (χ1) is 24.0. The lowest BCUT2D eigenvalue weighted by molar-refractivity contribution is -0.162. The fourth-order valence-corrected chi connectivity index (χ4v) is 7.04. The molecule has 2 aromatic heterocycles. The first-order valence-electron chi connectivity index (χ1n) is 16.5. The highest BCUT2D eigenvalue weighted by Gasteiger charge is 2.46. The Balaban J connectivity index is 0.960. The molecule has 2 fully saturated rings. The Kier molecular flexibility index (Phi) is 8.58. The van der Waals surface area contributed by atoms with Crippen LogP contribution in [0, 0.1) is 5.92 Å². The second-order valence-corrected chi connectivity index (χ2v) is 13.1. The van der Waals surface area contributed by atoms with Crippen LogP contribution in [0.1, 0.15) is 59.6 Å². The number of carbonyl (C=O) groups excluding carboxylic acids is 5. The summed E-state index contributed by atoms with van der Waals surface area (Å²) in [5.41, 5.74) is 9.93. The largest absolute Gasteiger partial charge is 0.369 e. The lowest BCUT2D eigenvalue weighted by atomic mass is 9.90. The van der Waals surface area contributed by atoms with Crippen LogP contribution in [-0.2, 0) is 32.1 Å². The molecule has 2 atom stereocenters. The van der Waals surface area contributed by atoms with E-state index in [1.165, 1.54) is 11.0 Å². The quantitative estimate of drug-likeness (QED) is 0.253. The van der Waals surface area contributed by atoms with Gasteiger partial charge in [0.15, 0.2) is 0 Å². The minimum absolute atomic E-state index is 0.0911. The zero-order chi connectivity index (χ0) is 35.2. The highest BCUT2D eigenvalue weighted by atomic mass is 19.3. The van der Waals surface area contributed by atoms with Gasteiger partial charge in [-0.15, -0.1) is 0 Å². The van der Waals surface area contributed by atoms with Crippen molar-refractivity contribution in [3.8, 4) is 11.3 Å². The molecule has 2 unspecified atom stereocenters. The molecule has 3 N–H and O–H groups in total. The van der Waals surface area contributed by atoms with Crippen LogP contribution < -0.4 is 11.1 Å². The number of primary amides is 1. The first kappa shape index (κ1) is 32.9. The number of likely N-dealkylation sites (tertiary alicyclic amines) is 1. The molecule has 3 aliphatic rings. The van der Waals surface area contributed by atoms with Crippen LogP contribution in [0.25, 0.3) is 22.3 Å². The summed E-state index contributed by atoms with van der Waals surface area (Å²) in [6.07, 6.45) is 5.11. The van der Waals surface area contributed by atoms with Crippen molar-refractivity contribution >= 4 is 40.6 Å². The molecule has 0 saturated carbocycles.